The summed E-state index contributed by atoms with van der Waals surface area (Å²) in [5, 5.41) is 20.1. The summed E-state index contributed by atoms with van der Waals surface area (Å²) >= 11 is 0. The lowest BCUT2D eigenvalue weighted by atomic mass is 9.97. The number of hydrogen-bond donors (Lipinski definition) is 2. The first kappa shape index (κ1) is 12.0. The fraction of sp³-hybridized carbons (Fsp3) is 0.700. The molecule has 0 radical (unpaired) electrons. The van der Waals surface area contributed by atoms with E-state index in [-0.39, 0.29) is 25.1 Å². The molecule has 0 spiro atoms. The Balaban J connectivity index is 1.80. The molecule has 2 N–H and O–H groups in total. The quantitative estimate of drug-likeness (QED) is 0.700. The fourth-order valence-electron chi connectivity index (χ4n) is 1.77. The molecule has 0 aliphatic carbocycles. The summed E-state index contributed by atoms with van der Waals surface area (Å²) in [6, 6.07) is 0. The molecule has 2 heterocycles. The molecule has 1 saturated heterocycles. The van der Waals surface area contributed by atoms with Gasteiger partial charge in [0.05, 0.1) is 12.3 Å². The number of carbonyl (C=O) groups is 1. The first-order valence-electron chi connectivity index (χ1n) is 5.55. The van der Waals surface area contributed by atoms with Crippen molar-refractivity contribution in [3.8, 4) is 0 Å². The second kappa shape index (κ2) is 4.80. The van der Waals surface area contributed by atoms with Crippen molar-refractivity contribution in [2.75, 3.05) is 13.2 Å². The lowest BCUT2D eigenvalue weighted by Gasteiger charge is -2.26. The number of nitrogens with one attached hydrogen (secondary N) is 1. The number of nitrogens with zero attached hydrogens (tertiary/aromatic N) is 3. The number of aliphatic hydroxyl groups is 1. The van der Waals surface area contributed by atoms with Crippen molar-refractivity contribution in [1.82, 2.24) is 20.3 Å². The van der Waals surface area contributed by atoms with E-state index in [9.17, 15) is 9.90 Å². The molecule has 7 heteroatoms. The van der Waals surface area contributed by atoms with Crippen LogP contribution in [0.15, 0.2) is 12.4 Å². The minimum absolute atomic E-state index is 0.102. The Morgan fingerprint density at radius 1 is 1.76 bits per heavy atom. The minimum atomic E-state index is -0.960. The summed E-state index contributed by atoms with van der Waals surface area (Å²) in [6.45, 7) is 2.63. The molecule has 1 aliphatic heterocycles. The van der Waals surface area contributed by atoms with Gasteiger partial charge in [-0.05, 0) is 6.92 Å². The van der Waals surface area contributed by atoms with Crippen LogP contribution in [-0.4, -0.2) is 50.9 Å². The van der Waals surface area contributed by atoms with Gasteiger partial charge in [0, 0.05) is 25.8 Å². The van der Waals surface area contributed by atoms with E-state index >= 15 is 0 Å². The number of carbonyl (C=O) groups excluding carboxylic acids is 1. The average molecular weight is 240 g/mol. The Kier molecular flexibility index (Phi) is 3.39. The Labute approximate surface area is 98.8 Å². The Morgan fingerprint density at radius 3 is 3.18 bits per heavy atom. The topological polar surface area (TPSA) is 89.3 Å². The smallest absolute Gasteiger partial charge is 0.241 e. The van der Waals surface area contributed by atoms with E-state index in [4.69, 9.17) is 4.74 Å². The SMILES string of the molecule is CC1OCCC1(O)CNC(=O)Cn1ccnn1. The normalized spacial score (nSPS) is 28.2. The van der Waals surface area contributed by atoms with Gasteiger partial charge in [-0.25, -0.2) is 4.68 Å². The first-order chi connectivity index (χ1) is 8.10. The van der Waals surface area contributed by atoms with E-state index in [2.05, 4.69) is 15.6 Å². The summed E-state index contributed by atoms with van der Waals surface area (Å²) in [6.07, 6.45) is 3.40. The van der Waals surface area contributed by atoms with E-state index in [0.717, 1.165) is 0 Å². The molecule has 94 valence electrons. The predicted molar refractivity (Wildman–Crippen MR) is 58.0 cm³/mol. The van der Waals surface area contributed by atoms with Crippen molar-refractivity contribution in [1.29, 1.82) is 0 Å². The molecule has 0 aromatic carbocycles. The van der Waals surface area contributed by atoms with Crippen molar-refractivity contribution in [2.24, 2.45) is 0 Å². The largest absolute Gasteiger partial charge is 0.385 e. The molecule has 7 nitrogen and oxygen atoms in total. The molecule has 2 atom stereocenters. The summed E-state index contributed by atoms with van der Waals surface area (Å²) in [5.74, 6) is -0.206. The highest BCUT2D eigenvalue weighted by molar-refractivity contribution is 5.75. The molecule has 0 bridgehead atoms. The Bertz CT molecular complexity index is 381. The molecule has 2 rings (SSSR count). The monoisotopic (exact) mass is 240 g/mol. The highest BCUT2D eigenvalue weighted by Crippen LogP contribution is 2.24. The summed E-state index contributed by atoms with van der Waals surface area (Å²) in [4.78, 5) is 11.6. The highest BCUT2D eigenvalue weighted by atomic mass is 16.5. The van der Waals surface area contributed by atoms with Crippen LogP contribution in [0.25, 0.3) is 0 Å². The zero-order valence-corrected chi connectivity index (χ0v) is 9.67. The minimum Gasteiger partial charge on any atom is -0.385 e. The van der Waals surface area contributed by atoms with E-state index in [1.54, 1.807) is 13.1 Å². The van der Waals surface area contributed by atoms with Crippen molar-refractivity contribution < 1.29 is 14.6 Å². The van der Waals surface area contributed by atoms with Crippen LogP contribution in [0.2, 0.25) is 0 Å². The maximum Gasteiger partial charge on any atom is 0.241 e. The number of rotatable bonds is 4. The molecule has 1 aromatic heterocycles. The number of amides is 1. The van der Waals surface area contributed by atoms with Crippen LogP contribution in [0, 0.1) is 0 Å². The Hall–Kier alpha value is -1.47. The zero-order valence-electron chi connectivity index (χ0n) is 9.67. The molecular weight excluding hydrogens is 224 g/mol. The number of hydrogen-bond acceptors (Lipinski definition) is 5. The highest BCUT2D eigenvalue weighted by Gasteiger charge is 2.39. The van der Waals surface area contributed by atoms with Gasteiger partial charge in [0.2, 0.25) is 5.91 Å². The van der Waals surface area contributed by atoms with Gasteiger partial charge in [-0.1, -0.05) is 5.21 Å². The summed E-state index contributed by atoms with van der Waals surface area (Å²) < 4.78 is 6.70. The van der Waals surface area contributed by atoms with E-state index in [1.807, 2.05) is 0 Å². The van der Waals surface area contributed by atoms with E-state index in [0.29, 0.717) is 13.0 Å². The van der Waals surface area contributed by atoms with Gasteiger partial charge >= 0.3 is 0 Å². The molecule has 1 aromatic rings. The van der Waals surface area contributed by atoms with Crippen LogP contribution in [-0.2, 0) is 16.1 Å². The summed E-state index contributed by atoms with van der Waals surface area (Å²) in [5.41, 5.74) is -0.960. The van der Waals surface area contributed by atoms with Gasteiger partial charge in [-0.2, -0.15) is 0 Å². The maximum atomic E-state index is 11.6. The van der Waals surface area contributed by atoms with Crippen LogP contribution in [0.3, 0.4) is 0 Å². The standard InChI is InChI=1S/C10H16N4O3/c1-8-10(16,2-5-17-8)7-11-9(15)6-14-4-3-12-13-14/h3-4,8,16H,2,5-7H2,1H3,(H,11,15). The second-order valence-corrected chi connectivity index (χ2v) is 4.24. The average Bonchev–Trinajstić information content (AvgIpc) is 2.89. The van der Waals surface area contributed by atoms with Crippen LogP contribution < -0.4 is 5.32 Å². The second-order valence-electron chi connectivity index (χ2n) is 4.24. The molecule has 17 heavy (non-hydrogen) atoms. The zero-order chi connectivity index (χ0) is 12.3. The predicted octanol–water partition coefficient (Wildman–Crippen LogP) is -1.07. The van der Waals surface area contributed by atoms with Crippen molar-refractivity contribution in [3.05, 3.63) is 12.4 Å². The van der Waals surface area contributed by atoms with E-state index < -0.39 is 5.60 Å². The molecule has 1 fully saturated rings. The van der Waals surface area contributed by atoms with Crippen LogP contribution in [0.5, 0.6) is 0 Å². The van der Waals surface area contributed by atoms with Crippen molar-refractivity contribution in [3.63, 3.8) is 0 Å². The Morgan fingerprint density at radius 2 is 2.59 bits per heavy atom. The third-order valence-electron chi connectivity index (χ3n) is 3.03. The van der Waals surface area contributed by atoms with Crippen molar-refractivity contribution >= 4 is 5.91 Å². The maximum absolute atomic E-state index is 11.6. The molecule has 1 amide bonds. The third-order valence-corrected chi connectivity index (χ3v) is 3.03. The molecule has 1 aliphatic rings. The van der Waals surface area contributed by atoms with Gasteiger partial charge < -0.3 is 15.2 Å². The van der Waals surface area contributed by atoms with Crippen LogP contribution in [0.4, 0.5) is 0 Å². The summed E-state index contributed by atoms with van der Waals surface area (Å²) in [7, 11) is 0. The third kappa shape index (κ3) is 2.80. The van der Waals surface area contributed by atoms with Gasteiger partial charge in [-0.15, -0.1) is 5.10 Å². The first-order valence-corrected chi connectivity index (χ1v) is 5.55. The number of ether oxygens (including phenoxy) is 1. The lowest BCUT2D eigenvalue weighted by molar-refractivity contribution is -0.123. The van der Waals surface area contributed by atoms with Gasteiger partial charge in [0.1, 0.15) is 12.1 Å². The van der Waals surface area contributed by atoms with E-state index in [1.165, 1.54) is 10.9 Å². The fourth-order valence-corrected chi connectivity index (χ4v) is 1.77. The molecule has 0 saturated carbocycles. The van der Waals surface area contributed by atoms with Gasteiger partial charge in [0.15, 0.2) is 0 Å². The van der Waals surface area contributed by atoms with Gasteiger partial charge in [0.25, 0.3) is 0 Å². The molecule has 2 unspecified atom stereocenters. The molecular formula is C10H16N4O3. The van der Waals surface area contributed by atoms with Crippen LogP contribution >= 0.6 is 0 Å². The van der Waals surface area contributed by atoms with Crippen molar-refractivity contribution in [2.45, 2.75) is 31.6 Å². The lowest BCUT2D eigenvalue weighted by Crippen LogP contribution is -2.48. The van der Waals surface area contributed by atoms with Gasteiger partial charge in [-0.3, -0.25) is 4.79 Å². The number of aromatic nitrogens is 3. The van der Waals surface area contributed by atoms with Crippen LogP contribution in [0.1, 0.15) is 13.3 Å².